The van der Waals surface area contributed by atoms with Gasteiger partial charge in [0.25, 0.3) is 11.8 Å². The number of nitrogens with zero attached hydrogens (tertiary/aromatic N) is 4. The van der Waals surface area contributed by atoms with E-state index in [-0.39, 0.29) is 24.6 Å². The predicted molar refractivity (Wildman–Crippen MR) is 125 cm³/mol. The highest BCUT2D eigenvalue weighted by Gasteiger charge is 2.33. The minimum absolute atomic E-state index is 0.0698. The lowest BCUT2D eigenvalue weighted by Gasteiger charge is -2.21. The molecule has 1 aromatic heterocycles. The fourth-order valence-corrected chi connectivity index (χ4v) is 3.79. The lowest BCUT2D eigenvalue weighted by atomic mass is 9.98. The van der Waals surface area contributed by atoms with Crippen molar-refractivity contribution in [1.29, 1.82) is 0 Å². The molecule has 0 aliphatic carbocycles. The third kappa shape index (κ3) is 4.52. The molecule has 8 heteroatoms. The van der Waals surface area contributed by atoms with E-state index in [2.05, 4.69) is 15.3 Å². The maximum absolute atomic E-state index is 13.2. The molecule has 0 saturated heterocycles. The summed E-state index contributed by atoms with van der Waals surface area (Å²) in [4.78, 5) is 13.2. The van der Waals surface area contributed by atoms with E-state index in [0.29, 0.717) is 12.3 Å². The van der Waals surface area contributed by atoms with Gasteiger partial charge in [0, 0.05) is 12.0 Å². The van der Waals surface area contributed by atoms with Gasteiger partial charge in [0.2, 0.25) is 0 Å². The maximum Gasteiger partial charge on any atom is 0.415 e. The van der Waals surface area contributed by atoms with Crippen molar-refractivity contribution in [2.24, 2.45) is 5.10 Å². The maximum atomic E-state index is 13.2. The van der Waals surface area contributed by atoms with Crippen LogP contribution >= 0.6 is 0 Å². The van der Waals surface area contributed by atoms with Gasteiger partial charge in [-0.05, 0) is 35.4 Å². The Hall–Kier alpha value is -4.46. The van der Waals surface area contributed by atoms with Crippen molar-refractivity contribution in [2.45, 2.75) is 12.5 Å². The van der Waals surface area contributed by atoms with E-state index in [1.165, 1.54) is 5.01 Å². The van der Waals surface area contributed by atoms with Crippen LogP contribution in [0.3, 0.4) is 0 Å². The zero-order chi connectivity index (χ0) is 23.3. The third-order valence-corrected chi connectivity index (χ3v) is 5.52. The normalized spacial score (nSPS) is 15.1. The van der Waals surface area contributed by atoms with Crippen LogP contribution in [0.2, 0.25) is 0 Å². The number of methoxy groups -OCH3 is 1. The molecule has 2 heterocycles. The van der Waals surface area contributed by atoms with Crippen molar-refractivity contribution >= 4 is 11.6 Å². The van der Waals surface area contributed by atoms with E-state index in [9.17, 15) is 4.79 Å². The Balaban J connectivity index is 1.34. The number of amides is 1. The lowest BCUT2D eigenvalue weighted by molar-refractivity contribution is -0.135. The molecule has 5 rings (SSSR count). The highest BCUT2D eigenvalue weighted by Crippen LogP contribution is 2.33. The molecule has 0 fully saturated rings. The molecule has 170 valence electrons. The largest absolute Gasteiger partial charge is 0.497 e. The molecule has 3 aromatic carbocycles. The average molecular weight is 454 g/mol. The minimum Gasteiger partial charge on any atom is -0.497 e. The van der Waals surface area contributed by atoms with E-state index in [4.69, 9.17) is 13.9 Å². The fourth-order valence-electron chi connectivity index (χ4n) is 3.79. The molecule has 34 heavy (non-hydrogen) atoms. The molecule has 0 bridgehead atoms. The number of aromatic nitrogens is 2. The van der Waals surface area contributed by atoms with Crippen LogP contribution in [0, 0.1) is 0 Å². The van der Waals surface area contributed by atoms with Gasteiger partial charge in [-0.2, -0.15) is 5.10 Å². The van der Waals surface area contributed by atoms with Crippen LogP contribution in [0.25, 0.3) is 11.5 Å². The zero-order valence-electron chi connectivity index (χ0n) is 18.5. The predicted octanol–water partition coefficient (Wildman–Crippen LogP) is 4.50. The summed E-state index contributed by atoms with van der Waals surface area (Å²) >= 11 is 0. The van der Waals surface area contributed by atoms with Crippen molar-refractivity contribution in [2.75, 3.05) is 13.7 Å². The molecule has 1 aliphatic heterocycles. The Morgan fingerprint density at radius 3 is 2.29 bits per heavy atom. The van der Waals surface area contributed by atoms with Crippen molar-refractivity contribution in [3.8, 4) is 23.3 Å². The van der Waals surface area contributed by atoms with Crippen LogP contribution in [0.5, 0.6) is 11.8 Å². The van der Waals surface area contributed by atoms with Crippen LogP contribution in [0.4, 0.5) is 0 Å². The Bertz CT molecular complexity index is 1290. The number of ether oxygens (including phenoxy) is 2. The van der Waals surface area contributed by atoms with Gasteiger partial charge in [0.1, 0.15) is 5.75 Å². The molecule has 0 saturated carbocycles. The fraction of sp³-hybridized carbons (Fsp3) is 0.154. The smallest absolute Gasteiger partial charge is 0.415 e. The van der Waals surface area contributed by atoms with Crippen LogP contribution in [0.1, 0.15) is 23.6 Å². The molecule has 1 unspecified atom stereocenters. The molecule has 1 amide bonds. The summed E-state index contributed by atoms with van der Waals surface area (Å²) in [6.45, 7) is -0.283. The minimum atomic E-state index is -0.314. The van der Waals surface area contributed by atoms with Gasteiger partial charge < -0.3 is 13.9 Å². The Morgan fingerprint density at radius 1 is 0.941 bits per heavy atom. The first kappa shape index (κ1) is 21.4. The third-order valence-electron chi connectivity index (χ3n) is 5.52. The highest BCUT2D eigenvalue weighted by atomic mass is 16.6. The number of rotatable bonds is 7. The first-order valence-corrected chi connectivity index (χ1v) is 10.8. The van der Waals surface area contributed by atoms with Crippen molar-refractivity contribution < 1.29 is 18.7 Å². The summed E-state index contributed by atoms with van der Waals surface area (Å²) in [5, 5.41) is 14.0. The van der Waals surface area contributed by atoms with Crippen molar-refractivity contribution in [3.63, 3.8) is 0 Å². The van der Waals surface area contributed by atoms with Gasteiger partial charge >= 0.3 is 6.08 Å². The van der Waals surface area contributed by atoms with E-state index >= 15 is 0 Å². The van der Waals surface area contributed by atoms with Crippen LogP contribution in [-0.4, -0.2) is 40.5 Å². The van der Waals surface area contributed by atoms with Crippen LogP contribution in [0.15, 0.2) is 94.4 Å². The molecule has 0 spiro atoms. The quantitative estimate of drug-likeness (QED) is 0.408. The number of hydrogen-bond acceptors (Lipinski definition) is 7. The van der Waals surface area contributed by atoms with Crippen molar-refractivity contribution in [3.05, 3.63) is 96.1 Å². The molecule has 1 atom stereocenters. The summed E-state index contributed by atoms with van der Waals surface area (Å²) in [5.41, 5.74) is 3.53. The van der Waals surface area contributed by atoms with E-state index in [1.54, 1.807) is 7.11 Å². The average Bonchev–Trinajstić information content (AvgIpc) is 3.56. The molecule has 0 N–H and O–H groups in total. The van der Waals surface area contributed by atoms with Crippen LogP contribution < -0.4 is 9.47 Å². The van der Waals surface area contributed by atoms with Gasteiger partial charge in [0.05, 0.1) is 18.9 Å². The Labute approximate surface area is 196 Å². The second-order valence-corrected chi connectivity index (χ2v) is 7.67. The summed E-state index contributed by atoms with van der Waals surface area (Å²) in [6.07, 6.45) is 0.514. The highest BCUT2D eigenvalue weighted by molar-refractivity contribution is 6.03. The molecule has 8 nitrogen and oxygen atoms in total. The summed E-state index contributed by atoms with van der Waals surface area (Å²) < 4.78 is 16.3. The SMILES string of the molecule is COc1ccc(C2CC(c3ccccc3)=NN2C(=O)COc2nnc(-c3ccccc3)o2)cc1. The monoisotopic (exact) mass is 454 g/mol. The first-order valence-electron chi connectivity index (χ1n) is 10.8. The van der Waals surface area contributed by atoms with Gasteiger partial charge in [-0.1, -0.05) is 65.8 Å². The van der Waals surface area contributed by atoms with Crippen LogP contribution in [-0.2, 0) is 4.79 Å². The van der Waals surface area contributed by atoms with E-state index in [1.807, 2.05) is 84.9 Å². The molecular weight excluding hydrogens is 432 g/mol. The van der Waals surface area contributed by atoms with Crippen molar-refractivity contribution in [1.82, 2.24) is 15.2 Å². The summed E-state index contributed by atoms with van der Waals surface area (Å²) in [5.74, 6) is 0.758. The molecule has 0 radical (unpaired) electrons. The van der Waals surface area contributed by atoms with E-state index in [0.717, 1.165) is 28.2 Å². The van der Waals surface area contributed by atoms with Gasteiger partial charge in [-0.15, -0.1) is 5.10 Å². The number of carbonyl (C=O) groups excluding carboxylic acids is 1. The number of carbonyl (C=O) groups is 1. The number of hydrogen-bond donors (Lipinski definition) is 0. The second kappa shape index (κ2) is 9.58. The second-order valence-electron chi connectivity index (χ2n) is 7.67. The summed E-state index contributed by atoms with van der Waals surface area (Å²) in [6, 6.07) is 26.5. The first-order chi connectivity index (χ1) is 16.7. The van der Waals surface area contributed by atoms with Gasteiger partial charge in [-0.25, -0.2) is 5.01 Å². The topological polar surface area (TPSA) is 90.0 Å². The van der Waals surface area contributed by atoms with E-state index < -0.39 is 0 Å². The van der Waals surface area contributed by atoms with Gasteiger partial charge in [0.15, 0.2) is 6.61 Å². The molecule has 1 aliphatic rings. The standard InChI is InChI=1S/C26H22N4O4/c1-32-21-14-12-19(13-15-21)23-16-22(18-8-4-2-5-9-18)29-30(23)24(31)17-33-26-28-27-25(34-26)20-10-6-3-7-11-20/h2-15,23H,16-17H2,1H3. The molecular formula is C26H22N4O4. The zero-order valence-corrected chi connectivity index (χ0v) is 18.5. The molecule has 4 aromatic rings. The summed E-state index contributed by atoms with van der Waals surface area (Å²) in [7, 11) is 1.62. The Kier molecular flexibility index (Phi) is 6.03. The lowest BCUT2D eigenvalue weighted by Crippen LogP contribution is -2.31. The number of hydrazone groups is 1. The van der Waals surface area contributed by atoms with Gasteiger partial charge in [-0.3, -0.25) is 4.79 Å². The number of benzene rings is 3. The Morgan fingerprint density at radius 2 is 1.62 bits per heavy atom.